The predicted molar refractivity (Wildman–Crippen MR) is 58.5 cm³/mol. The Balaban J connectivity index is 2.94. The SMILES string of the molecule is CCC(C)n1nnc(CCN)c1COC. The Hall–Kier alpha value is -0.940. The van der Waals surface area contributed by atoms with Gasteiger partial charge in [0, 0.05) is 13.5 Å². The van der Waals surface area contributed by atoms with Gasteiger partial charge in [0.2, 0.25) is 0 Å². The Morgan fingerprint density at radius 1 is 1.53 bits per heavy atom. The number of nitrogens with two attached hydrogens (primary N) is 1. The highest BCUT2D eigenvalue weighted by atomic mass is 16.5. The third kappa shape index (κ3) is 2.76. The van der Waals surface area contributed by atoms with E-state index in [0.717, 1.165) is 24.2 Å². The van der Waals surface area contributed by atoms with Crippen LogP contribution in [0.25, 0.3) is 0 Å². The zero-order valence-corrected chi connectivity index (χ0v) is 9.73. The molecule has 5 nitrogen and oxygen atoms in total. The van der Waals surface area contributed by atoms with Crippen molar-refractivity contribution in [1.29, 1.82) is 0 Å². The van der Waals surface area contributed by atoms with Crippen molar-refractivity contribution < 1.29 is 4.74 Å². The summed E-state index contributed by atoms with van der Waals surface area (Å²) in [4.78, 5) is 0. The molecule has 0 spiro atoms. The molecule has 0 fully saturated rings. The van der Waals surface area contributed by atoms with Crippen molar-refractivity contribution in [2.45, 2.75) is 39.3 Å². The van der Waals surface area contributed by atoms with E-state index in [9.17, 15) is 0 Å². The monoisotopic (exact) mass is 212 g/mol. The molecule has 1 aromatic heterocycles. The summed E-state index contributed by atoms with van der Waals surface area (Å²) in [6.45, 7) is 5.40. The molecular formula is C10H20N4O. The van der Waals surface area contributed by atoms with Crippen LogP contribution in [0.15, 0.2) is 0 Å². The first-order chi connectivity index (χ1) is 7.24. The number of hydrogen-bond acceptors (Lipinski definition) is 4. The van der Waals surface area contributed by atoms with E-state index in [2.05, 4.69) is 24.2 Å². The molecule has 2 N–H and O–H groups in total. The number of methoxy groups -OCH3 is 1. The number of rotatable bonds is 6. The molecule has 0 aromatic carbocycles. The van der Waals surface area contributed by atoms with Gasteiger partial charge in [-0.15, -0.1) is 5.10 Å². The minimum Gasteiger partial charge on any atom is -0.378 e. The van der Waals surface area contributed by atoms with Gasteiger partial charge < -0.3 is 10.5 Å². The summed E-state index contributed by atoms with van der Waals surface area (Å²) >= 11 is 0. The highest BCUT2D eigenvalue weighted by molar-refractivity contribution is 5.10. The van der Waals surface area contributed by atoms with Crippen LogP contribution in [0.5, 0.6) is 0 Å². The normalized spacial score (nSPS) is 13.1. The van der Waals surface area contributed by atoms with Gasteiger partial charge in [-0.25, -0.2) is 4.68 Å². The van der Waals surface area contributed by atoms with E-state index in [1.807, 2.05) is 4.68 Å². The zero-order valence-electron chi connectivity index (χ0n) is 9.73. The fraction of sp³-hybridized carbons (Fsp3) is 0.800. The molecule has 15 heavy (non-hydrogen) atoms. The van der Waals surface area contributed by atoms with Crippen molar-refractivity contribution in [3.63, 3.8) is 0 Å². The zero-order chi connectivity index (χ0) is 11.3. The van der Waals surface area contributed by atoms with Crippen LogP contribution in [-0.2, 0) is 17.8 Å². The summed E-state index contributed by atoms with van der Waals surface area (Å²) in [5.41, 5.74) is 7.54. The first-order valence-electron chi connectivity index (χ1n) is 5.36. The molecule has 0 aliphatic heterocycles. The van der Waals surface area contributed by atoms with Gasteiger partial charge in [-0.05, 0) is 19.9 Å². The molecule has 0 aliphatic rings. The summed E-state index contributed by atoms with van der Waals surface area (Å²) in [5, 5.41) is 8.30. The summed E-state index contributed by atoms with van der Waals surface area (Å²) < 4.78 is 7.11. The molecule has 0 saturated heterocycles. The minimum absolute atomic E-state index is 0.356. The van der Waals surface area contributed by atoms with E-state index < -0.39 is 0 Å². The largest absolute Gasteiger partial charge is 0.378 e. The second-order valence-corrected chi connectivity index (χ2v) is 3.66. The number of ether oxygens (including phenoxy) is 1. The minimum atomic E-state index is 0.356. The Morgan fingerprint density at radius 3 is 2.80 bits per heavy atom. The van der Waals surface area contributed by atoms with Crippen molar-refractivity contribution in [3.05, 3.63) is 11.4 Å². The summed E-state index contributed by atoms with van der Waals surface area (Å²) in [6.07, 6.45) is 1.79. The van der Waals surface area contributed by atoms with Crippen LogP contribution in [0, 0.1) is 0 Å². The summed E-state index contributed by atoms with van der Waals surface area (Å²) in [6, 6.07) is 0.356. The molecular weight excluding hydrogens is 192 g/mol. The van der Waals surface area contributed by atoms with E-state index in [1.54, 1.807) is 7.11 Å². The maximum absolute atomic E-state index is 5.53. The van der Waals surface area contributed by atoms with Crippen LogP contribution in [0.1, 0.15) is 37.7 Å². The van der Waals surface area contributed by atoms with E-state index in [0.29, 0.717) is 19.2 Å². The number of hydrogen-bond donors (Lipinski definition) is 1. The smallest absolute Gasteiger partial charge is 0.0900 e. The highest BCUT2D eigenvalue weighted by Gasteiger charge is 2.15. The molecule has 0 radical (unpaired) electrons. The van der Waals surface area contributed by atoms with Gasteiger partial charge in [0.05, 0.1) is 24.0 Å². The molecule has 1 atom stereocenters. The Labute approximate surface area is 90.6 Å². The van der Waals surface area contributed by atoms with Crippen LogP contribution in [-0.4, -0.2) is 28.6 Å². The van der Waals surface area contributed by atoms with Crippen LogP contribution < -0.4 is 5.73 Å². The standard InChI is InChI=1S/C10H20N4O/c1-4-8(2)14-10(7-15-3)9(5-6-11)12-13-14/h8H,4-7,11H2,1-3H3. The predicted octanol–water partition coefficient (Wildman–Crippen LogP) is 0.897. The molecule has 0 bridgehead atoms. The van der Waals surface area contributed by atoms with Gasteiger partial charge in [0.25, 0.3) is 0 Å². The number of nitrogens with zero attached hydrogens (tertiary/aromatic N) is 3. The third-order valence-electron chi connectivity index (χ3n) is 2.54. The molecule has 0 saturated carbocycles. The van der Waals surface area contributed by atoms with Gasteiger partial charge in [-0.2, -0.15) is 0 Å². The average molecular weight is 212 g/mol. The Morgan fingerprint density at radius 2 is 2.27 bits per heavy atom. The second-order valence-electron chi connectivity index (χ2n) is 3.66. The first kappa shape index (κ1) is 12.1. The van der Waals surface area contributed by atoms with Crippen LogP contribution in [0.3, 0.4) is 0 Å². The van der Waals surface area contributed by atoms with E-state index in [-0.39, 0.29) is 0 Å². The maximum Gasteiger partial charge on any atom is 0.0900 e. The molecule has 0 aliphatic carbocycles. The maximum atomic E-state index is 5.53. The molecule has 86 valence electrons. The lowest BCUT2D eigenvalue weighted by Crippen LogP contribution is -2.12. The average Bonchev–Trinajstić information content (AvgIpc) is 2.62. The molecule has 5 heteroatoms. The van der Waals surface area contributed by atoms with Crippen LogP contribution >= 0.6 is 0 Å². The van der Waals surface area contributed by atoms with Crippen LogP contribution in [0.2, 0.25) is 0 Å². The topological polar surface area (TPSA) is 66.0 Å². The molecule has 1 unspecified atom stereocenters. The number of aromatic nitrogens is 3. The third-order valence-corrected chi connectivity index (χ3v) is 2.54. The van der Waals surface area contributed by atoms with Gasteiger partial charge in [0.1, 0.15) is 0 Å². The van der Waals surface area contributed by atoms with Crippen molar-refractivity contribution in [3.8, 4) is 0 Å². The van der Waals surface area contributed by atoms with Crippen molar-refractivity contribution in [1.82, 2.24) is 15.0 Å². The lowest BCUT2D eigenvalue weighted by atomic mass is 10.2. The fourth-order valence-corrected chi connectivity index (χ4v) is 1.49. The lowest BCUT2D eigenvalue weighted by molar-refractivity contribution is 0.173. The van der Waals surface area contributed by atoms with Crippen molar-refractivity contribution in [2.75, 3.05) is 13.7 Å². The Bertz CT molecular complexity index is 298. The quantitative estimate of drug-likeness (QED) is 0.760. The van der Waals surface area contributed by atoms with E-state index >= 15 is 0 Å². The van der Waals surface area contributed by atoms with Crippen molar-refractivity contribution in [2.24, 2.45) is 5.73 Å². The van der Waals surface area contributed by atoms with Gasteiger partial charge in [-0.3, -0.25) is 0 Å². The van der Waals surface area contributed by atoms with Gasteiger partial charge in [-0.1, -0.05) is 12.1 Å². The molecule has 1 aromatic rings. The van der Waals surface area contributed by atoms with Crippen molar-refractivity contribution >= 4 is 0 Å². The lowest BCUT2D eigenvalue weighted by Gasteiger charge is -2.12. The van der Waals surface area contributed by atoms with Gasteiger partial charge in [0.15, 0.2) is 0 Å². The summed E-state index contributed by atoms with van der Waals surface area (Å²) in [5.74, 6) is 0. The second kappa shape index (κ2) is 5.82. The molecule has 1 rings (SSSR count). The van der Waals surface area contributed by atoms with Crippen LogP contribution in [0.4, 0.5) is 0 Å². The fourth-order valence-electron chi connectivity index (χ4n) is 1.49. The highest BCUT2D eigenvalue weighted by Crippen LogP contribution is 2.15. The Kier molecular flexibility index (Phi) is 4.71. The summed E-state index contributed by atoms with van der Waals surface area (Å²) in [7, 11) is 1.68. The van der Waals surface area contributed by atoms with E-state index in [1.165, 1.54) is 0 Å². The van der Waals surface area contributed by atoms with E-state index in [4.69, 9.17) is 10.5 Å². The first-order valence-corrected chi connectivity index (χ1v) is 5.36. The molecule has 0 amide bonds. The van der Waals surface area contributed by atoms with Gasteiger partial charge >= 0.3 is 0 Å². The molecule has 1 heterocycles.